The highest BCUT2D eigenvalue weighted by Gasteiger charge is 2.52. The van der Waals surface area contributed by atoms with Crippen molar-refractivity contribution in [1.29, 1.82) is 0 Å². The molecular weight excluding hydrogens is 355 g/mol. The number of hydrogen-bond acceptors (Lipinski definition) is 5. The molecule has 0 aliphatic carbocycles. The molecule has 26 heavy (non-hydrogen) atoms. The zero-order valence-electron chi connectivity index (χ0n) is 14.0. The van der Waals surface area contributed by atoms with E-state index in [9.17, 15) is 24.3 Å². The van der Waals surface area contributed by atoms with Gasteiger partial charge in [-0.25, -0.2) is 4.99 Å². The molecule has 0 saturated carbocycles. The van der Waals surface area contributed by atoms with Crippen molar-refractivity contribution in [2.45, 2.75) is 18.9 Å². The van der Waals surface area contributed by atoms with Crippen molar-refractivity contribution in [2.75, 3.05) is 11.4 Å². The predicted octanol–water partition coefficient (Wildman–Crippen LogP) is 1.67. The van der Waals surface area contributed by atoms with Crippen molar-refractivity contribution >= 4 is 35.9 Å². The third-order valence-electron chi connectivity index (χ3n) is 4.82. The number of nitrogens with zero attached hydrogens (tertiary/aromatic N) is 2. The number of fused-ring (bicyclic) bond motifs is 2. The Morgan fingerprint density at radius 2 is 1.85 bits per heavy atom. The summed E-state index contributed by atoms with van der Waals surface area (Å²) in [6.45, 7) is 2.25. The highest BCUT2D eigenvalue weighted by Crippen LogP contribution is 2.40. The second kappa shape index (κ2) is 5.59. The Morgan fingerprint density at radius 3 is 2.50 bits per heavy atom. The van der Waals surface area contributed by atoms with E-state index in [0.717, 1.165) is 5.56 Å². The number of rotatable bonds is 2. The largest absolute Gasteiger partial charge is 0.374 e. The SMILES string of the molecule is Cc1ccc2c(c1)C(=O)[C@]1(O)CCN(c3ccc(P(=O)(O)O)cc3)C1=N2. The summed E-state index contributed by atoms with van der Waals surface area (Å²) in [6.07, 6.45) is 0.207. The Balaban J connectivity index is 1.78. The van der Waals surface area contributed by atoms with Crippen molar-refractivity contribution in [3.63, 3.8) is 0 Å². The lowest BCUT2D eigenvalue weighted by molar-refractivity contribution is 0.0602. The van der Waals surface area contributed by atoms with E-state index in [4.69, 9.17) is 0 Å². The molecule has 1 atom stereocenters. The molecule has 4 rings (SSSR count). The Hall–Kier alpha value is -2.31. The minimum atomic E-state index is -4.32. The number of ketones is 1. The zero-order valence-corrected chi connectivity index (χ0v) is 14.8. The minimum Gasteiger partial charge on any atom is -0.374 e. The smallest absolute Gasteiger partial charge is 0.356 e. The summed E-state index contributed by atoms with van der Waals surface area (Å²) in [4.78, 5) is 37.6. The van der Waals surface area contributed by atoms with Crippen molar-refractivity contribution in [3.05, 3.63) is 53.6 Å². The molecule has 2 aromatic carbocycles. The Labute approximate surface area is 149 Å². The van der Waals surface area contributed by atoms with Gasteiger partial charge in [-0.3, -0.25) is 9.36 Å². The van der Waals surface area contributed by atoms with Gasteiger partial charge in [-0.2, -0.15) is 0 Å². The summed E-state index contributed by atoms with van der Waals surface area (Å²) in [5.41, 5.74) is 0.777. The summed E-state index contributed by atoms with van der Waals surface area (Å²) in [5, 5.41) is 10.9. The summed E-state index contributed by atoms with van der Waals surface area (Å²) in [5.74, 6) is -0.113. The molecule has 7 nitrogen and oxygen atoms in total. The molecule has 2 heterocycles. The van der Waals surface area contributed by atoms with Crippen LogP contribution in [0, 0.1) is 6.92 Å². The van der Waals surface area contributed by atoms with Gasteiger partial charge in [-0.15, -0.1) is 0 Å². The van der Waals surface area contributed by atoms with Gasteiger partial charge < -0.3 is 19.8 Å². The van der Waals surface area contributed by atoms with E-state index < -0.39 is 13.2 Å². The fraction of sp³-hybridized carbons (Fsp3) is 0.222. The predicted molar refractivity (Wildman–Crippen MR) is 97.6 cm³/mol. The number of aryl methyl sites for hydroxylation is 1. The normalized spacial score (nSPS) is 22.1. The standard InChI is InChI=1S/C18H17N2O5P/c1-11-2-7-15-14(10-11)16(21)18(22)8-9-20(17(18)19-15)12-3-5-13(6-4-12)26(23,24)25/h2-7,10,22H,8-9H2,1H3,(H2,23,24,25)/t18-/m1/s1. The van der Waals surface area contributed by atoms with Crippen LogP contribution in [0.25, 0.3) is 0 Å². The highest BCUT2D eigenvalue weighted by atomic mass is 31.2. The molecule has 0 spiro atoms. The molecule has 0 amide bonds. The van der Waals surface area contributed by atoms with Gasteiger partial charge in [0.05, 0.1) is 11.0 Å². The van der Waals surface area contributed by atoms with Gasteiger partial charge in [0, 0.05) is 24.2 Å². The van der Waals surface area contributed by atoms with Crippen LogP contribution >= 0.6 is 7.60 Å². The van der Waals surface area contributed by atoms with Crippen LogP contribution in [-0.4, -0.2) is 38.7 Å². The molecule has 0 unspecified atom stereocenters. The van der Waals surface area contributed by atoms with Crippen LogP contribution in [0.15, 0.2) is 47.5 Å². The van der Waals surface area contributed by atoms with E-state index in [1.807, 2.05) is 13.0 Å². The lowest BCUT2D eigenvalue weighted by atomic mass is 9.87. The number of Topliss-reactive ketones (excluding diaryl/α,β-unsaturated/α-hetero) is 1. The van der Waals surface area contributed by atoms with Gasteiger partial charge >= 0.3 is 7.60 Å². The molecule has 2 aliphatic heterocycles. The summed E-state index contributed by atoms with van der Waals surface area (Å²) < 4.78 is 11.3. The molecule has 1 saturated heterocycles. The maximum absolute atomic E-state index is 12.9. The first-order valence-electron chi connectivity index (χ1n) is 8.11. The minimum absolute atomic E-state index is 0.0850. The molecule has 3 N–H and O–H groups in total. The quantitative estimate of drug-likeness (QED) is 0.692. The topological polar surface area (TPSA) is 110 Å². The summed E-state index contributed by atoms with van der Waals surface area (Å²) in [7, 11) is -4.32. The molecular formula is C18H17N2O5P. The third-order valence-corrected chi connectivity index (χ3v) is 5.79. The van der Waals surface area contributed by atoms with E-state index in [2.05, 4.69) is 4.99 Å². The first kappa shape index (κ1) is 17.1. The Kier molecular flexibility index (Phi) is 3.68. The van der Waals surface area contributed by atoms with E-state index in [-0.39, 0.29) is 23.3 Å². The maximum atomic E-state index is 12.9. The first-order valence-corrected chi connectivity index (χ1v) is 9.72. The van der Waals surface area contributed by atoms with Crippen LogP contribution in [0.3, 0.4) is 0 Å². The number of carbonyl (C=O) groups is 1. The van der Waals surface area contributed by atoms with Gasteiger partial charge in [0.2, 0.25) is 5.78 Å². The first-order chi connectivity index (χ1) is 12.2. The van der Waals surface area contributed by atoms with Crippen LogP contribution < -0.4 is 10.2 Å². The molecule has 0 aromatic heterocycles. The second-order valence-corrected chi connectivity index (χ2v) is 8.21. The molecule has 8 heteroatoms. The lowest BCUT2D eigenvalue weighted by Gasteiger charge is -2.29. The number of anilines is 1. The van der Waals surface area contributed by atoms with Gasteiger partial charge in [0.1, 0.15) is 5.84 Å². The van der Waals surface area contributed by atoms with Crippen LogP contribution in [0.2, 0.25) is 0 Å². The third kappa shape index (κ3) is 2.52. The van der Waals surface area contributed by atoms with Gasteiger partial charge in [-0.1, -0.05) is 11.6 Å². The number of amidine groups is 1. The molecule has 0 bridgehead atoms. The Morgan fingerprint density at radius 1 is 1.15 bits per heavy atom. The van der Waals surface area contributed by atoms with E-state index >= 15 is 0 Å². The lowest BCUT2D eigenvalue weighted by Crippen LogP contribution is -2.48. The second-order valence-electron chi connectivity index (χ2n) is 6.61. The summed E-state index contributed by atoms with van der Waals surface area (Å²) >= 11 is 0. The fourth-order valence-corrected chi connectivity index (χ4v) is 3.96. The van der Waals surface area contributed by atoms with Crippen LogP contribution in [0.5, 0.6) is 0 Å². The Bertz CT molecular complexity index is 995. The van der Waals surface area contributed by atoms with Crippen LogP contribution in [-0.2, 0) is 4.57 Å². The number of carbonyl (C=O) groups excluding carboxylic acids is 1. The molecule has 134 valence electrons. The van der Waals surface area contributed by atoms with Crippen LogP contribution in [0.1, 0.15) is 22.3 Å². The van der Waals surface area contributed by atoms with Crippen molar-refractivity contribution in [2.24, 2.45) is 4.99 Å². The number of aliphatic imine (C=N–C) groups is 1. The average Bonchev–Trinajstić information content (AvgIpc) is 2.93. The van der Waals surface area contributed by atoms with E-state index in [1.54, 1.807) is 29.2 Å². The van der Waals surface area contributed by atoms with Gasteiger partial charge in [-0.05, 0) is 43.3 Å². The summed E-state index contributed by atoms with van der Waals surface area (Å²) in [6, 6.07) is 11.1. The van der Waals surface area contributed by atoms with Crippen molar-refractivity contribution in [3.8, 4) is 0 Å². The monoisotopic (exact) mass is 372 g/mol. The van der Waals surface area contributed by atoms with Gasteiger partial charge in [0.15, 0.2) is 5.60 Å². The van der Waals surface area contributed by atoms with Gasteiger partial charge in [0.25, 0.3) is 0 Å². The molecule has 2 aliphatic rings. The van der Waals surface area contributed by atoms with E-state index in [0.29, 0.717) is 23.5 Å². The number of aliphatic hydroxyl groups is 1. The van der Waals surface area contributed by atoms with Crippen LogP contribution in [0.4, 0.5) is 11.4 Å². The van der Waals surface area contributed by atoms with Crippen molar-refractivity contribution < 1.29 is 24.3 Å². The molecule has 0 radical (unpaired) electrons. The van der Waals surface area contributed by atoms with E-state index in [1.165, 1.54) is 12.1 Å². The maximum Gasteiger partial charge on any atom is 0.356 e. The highest BCUT2D eigenvalue weighted by molar-refractivity contribution is 7.60. The fourth-order valence-electron chi connectivity index (χ4n) is 3.43. The number of benzene rings is 2. The zero-order chi connectivity index (χ0) is 18.7. The number of hydrogen-bond donors (Lipinski definition) is 3. The molecule has 1 fully saturated rings. The van der Waals surface area contributed by atoms with Crippen molar-refractivity contribution in [1.82, 2.24) is 0 Å². The molecule has 2 aromatic rings. The average molecular weight is 372 g/mol.